The number of rotatable bonds is 4. The van der Waals surface area contributed by atoms with E-state index in [0.29, 0.717) is 5.92 Å². The second-order valence-electron chi connectivity index (χ2n) is 8.58. The Labute approximate surface area is 137 Å². The minimum absolute atomic E-state index is 0.0955. The van der Waals surface area contributed by atoms with Gasteiger partial charge in [0.25, 0.3) is 0 Å². The van der Waals surface area contributed by atoms with Crippen molar-refractivity contribution >= 4 is 0 Å². The largest absolute Gasteiger partial charge is 0.352 e. The van der Waals surface area contributed by atoms with Crippen LogP contribution in [0.2, 0.25) is 0 Å². The van der Waals surface area contributed by atoms with Crippen LogP contribution in [0.25, 0.3) is 0 Å². The third kappa shape index (κ3) is 4.71. The van der Waals surface area contributed by atoms with E-state index in [1.165, 1.54) is 57.8 Å². The van der Waals surface area contributed by atoms with Crippen LogP contribution in [-0.4, -0.2) is 19.5 Å². The molecule has 0 aromatic carbocycles. The normalized spacial score (nSPS) is 43.9. The van der Waals surface area contributed by atoms with Crippen molar-refractivity contribution in [2.24, 2.45) is 29.6 Å². The highest BCUT2D eigenvalue weighted by atomic mass is 16.7. The van der Waals surface area contributed by atoms with Gasteiger partial charge in [0.2, 0.25) is 0 Å². The fourth-order valence-corrected chi connectivity index (χ4v) is 4.74. The zero-order valence-corrected chi connectivity index (χ0v) is 14.8. The highest BCUT2D eigenvalue weighted by Crippen LogP contribution is 2.36. The summed E-state index contributed by atoms with van der Waals surface area (Å²) >= 11 is 0. The second-order valence-corrected chi connectivity index (χ2v) is 8.58. The lowest BCUT2D eigenvalue weighted by molar-refractivity contribution is -0.213. The highest BCUT2D eigenvalue weighted by molar-refractivity contribution is 4.78. The van der Waals surface area contributed by atoms with E-state index in [0.717, 1.165) is 43.3 Å². The van der Waals surface area contributed by atoms with Gasteiger partial charge in [-0.3, -0.25) is 0 Å². The molecule has 0 atom stereocenters. The highest BCUT2D eigenvalue weighted by Gasteiger charge is 2.31. The molecule has 0 aromatic rings. The predicted octanol–water partition coefficient (Wildman–Crippen LogP) is 5.41. The van der Waals surface area contributed by atoms with Gasteiger partial charge in [0, 0.05) is 5.92 Å². The lowest BCUT2D eigenvalue weighted by Gasteiger charge is -2.37. The first kappa shape index (κ1) is 16.8. The molecule has 3 aliphatic rings. The van der Waals surface area contributed by atoms with E-state index in [9.17, 15) is 0 Å². The minimum Gasteiger partial charge on any atom is -0.352 e. The molecule has 128 valence electrons. The third-order valence-corrected chi connectivity index (χ3v) is 6.67. The van der Waals surface area contributed by atoms with Crippen molar-refractivity contribution in [3.8, 4) is 0 Å². The SMILES string of the molecule is CC1CCC(CCC2OCC(C3CCC(C)CC3)CO2)CC1. The summed E-state index contributed by atoms with van der Waals surface area (Å²) in [7, 11) is 0. The number of hydrogen-bond acceptors (Lipinski definition) is 2. The summed E-state index contributed by atoms with van der Waals surface area (Å²) in [5, 5.41) is 0. The first-order valence-electron chi connectivity index (χ1n) is 9.94. The average Bonchev–Trinajstić information content (AvgIpc) is 2.56. The molecule has 0 spiro atoms. The lowest BCUT2D eigenvalue weighted by Crippen LogP contribution is -2.37. The Hall–Kier alpha value is -0.0800. The summed E-state index contributed by atoms with van der Waals surface area (Å²) in [6.07, 6.45) is 13.8. The smallest absolute Gasteiger partial charge is 0.157 e. The van der Waals surface area contributed by atoms with Gasteiger partial charge in [-0.05, 0) is 49.4 Å². The van der Waals surface area contributed by atoms with Crippen LogP contribution in [0.1, 0.15) is 78.1 Å². The molecule has 1 heterocycles. The average molecular weight is 309 g/mol. The summed E-state index contributed by atoms with van der Waals surface area (Å²) in [6, 6.07) is 0. The Balaban J connectivity index is 1.32. The Morgan fingerprint density at radius 1 is 0.636 bits per heavy atom. The van der Waals surface area contributed by atoms with E-state index in [1.54, 1.807) is 0 Å². The van der Waals surface area contributed by atoms with Crippen LogP contribution in [0.15, 0.2) is 0 Å². The number of ether oxygens (including phenoxy) is 2. The Kier molecular flexibility index (Phi) is 6.21. The van der Waals surface area contributed by atoms with Gasteiger partial charge in [-0.1, -0.05) is 52.4 Å². The molecule has 0 amide bonds. The third-order valence-electron chi connectivity index (χ3n) is 6.67. The molecule has 2 aliphatic carbocycles. The first-order valence-corrected chi connectivity index (χ1v) is 9.94. The molecule has 22 heavy (non-hydrogen) atoms. The maximum absolute atomic E-state index is 6.06. The predicted molar refractivity (Wildman–Crippen MR) is 90.7 cm³/mol. The minimum atomic E-state index is 0.0955. The van der Waals surface area contributed by atoms with Crippen molar-refractivity contribution in [2.75, 3.05) is 13.2 Å². The second kappa shape index (κ2) is 8.15. The molecule has 3 rings (SSSR count). The summed E-state index contributed by atoms with van der Waals surface area (Å²) < 4.78 is 12.1. The standard InChI is InChI=1S/C20H36O2/c1-15-3-7-17(8-4-15)9-12-20-21-13-19(14-22-20)18-10-5-16(2)6-11-18/h15-20H,3-14H2,1-2H3. The van der Waals surface area contributed by atoms with E-state index in [4.69, 9.17) is 9.47 Å². The van der Waals surface area contributed by atoms with Gasteiger partial charge in [-0.2, -0.15) is 0 Å². The molecule has 1 aliphatic heterocycles. The van der Waals surface area contributed by atoms with Crippen LogP contribution >= 0.6 is 0 Å². The maximum atomic E-state index is 6.06. The van der Waals surface area contributed by atoms with E-state index in [-0.39, 0.29) is 6.29 Å². The fraction of sp³-hybridized carbons (Fsp3) is 1.00. The molecule has 0 unspecified atom stereocenters. The molecular weight excluding hydrogens is 272 g/mol. The molecule has 3 fully saturated rings. The first-order chi connectivity index (χ1) is 10.7. The van der Waals surface area contributed by atoms with Crippen LogP contribution < -0.4 is 0 Å². The van der Waals surface area contributed by atoms with Gasteiger partial charge < -0.3 is 9.47 Å². The molecule has 2 saturated carbocycles. The molecule has 0 radical (unpaired) electrons. The fourth-order valence-electron chi connectivity index (χ4n) is 4.74. The Bertz CT molecular complexity index is 306. The molecule has 0 bridgehead atoms. The molecule has 1 saturated heterocycles. The molecular formula is C20H36O2. The lowest BCUT2D eigenvalue weighted by atomic mass is 9.76. The van der Waals surface area contributed by atoms with Crippen molar-refractivity contribution in [3.63, 3.8) is 0 Å². The van der Waals surface area contributed by atoms with Crippen molar-refractivity contribution in [2.45, 2.75) is 84.3 Å². The molecule has 0 N–H and O–H groups in total. The van der Waals surface area contributed by atoms with E-state index in [1.807, 2.05) is 0 Å². The summed E-state index contributed by atoms with van der Waals surface area (Å²) in [5.74, 6) is 4.35. The van der Waals surface area contributed by atoms with Crippen molar-refractivity contribution in [1.29, 1.82) is 0 Å². The van der Waals surface area contributed by atoms with Crippen LogP contribution in [0.4, 0.5) is 0 Å². The molecule has 0 aromatic heterocycles. The zero-order chi connectivity index (χ0) is 15.4. The van der Waals surface area contributed by atoms with Gasteiger partial charge in [0.15, 0.2) is 6.29 Å². The van der Waals surface area contributed by atoms with E-state index >= 15 is 0 Å². The molecule has 2 nitrogen and oxygen atoms in total. The van der Waals surface area contributed by atoms with Crippen molar-refractivity contribution in [1.82, 2.24) is 0 Å². The summed E-state index contributed by atoms with van der Waals surface area (Å²) in [6.45, 7) is 6.69. The monoisotopic (exact) mass is 308 g/mol. The van der Waals surface area contributed by atoms with Crippen LogP contribution in [0.5, 0.6) is 0 Å². The van der Waals surface area contributed by atoms with Crippen LogP contribution in [0, 0.1) is 29.6 Å². The Morgan fingerprint density at radius 3 is 1.77 bits per heavy atom. The van der Waals surface area contributed by atoms with Gasteiger partial charge >= 0.3 is 0 Å². The summed E-state index contributed by atoms with van der Waals surface area (Å²) in [4.78, 5) is 0. The van der Waals surface area contributed by atoms with Crippen LogP contribution in [-0.2, 0) is 9.47 Å². The van der Waals surface area contributed by atoms with Gasteiger partial charge in [0.05, 0.1) is 13.2 Å². The zero-order valence-electron chi connectivity index (χ0n) is 14.8. The molecule has 2 heteroatoms. The van der Waals surface area contributed by atoms with Gasteiger partial charge in [-0.25, -0.2) is 0 Å². The maximum Gasteiger partial charge on any atom is 0.157 e. The van der Waals surface area contributed by atoms with Crippen LogP contribution in [0.3, 0.4) is 0 Å². The summed E-state index contributed by atoms with van der Waals surface area (Å²) in [5.41, 5.74) is 0. The Morgan fingerprint density at radius 2 is 1.18 bits per heavy atom. The quantitative estimate of drug-likeness (QED) is 0.691. The van der Waals surface area contributed by atoms with E-state index < -0.39 is 0 Å². The van der Waals surface area contributed by atoms with Crippen molar-refractivity contribution < 1.29 is 9.47 Å². The van der Waals surface area contributed by atoms with E-state index in [2.05, 4.69) is 13.8 Å². The topological polar surface area (TPSA) is 18.5 Å². The van der Waals surface area contributed by atoms with Crippen molar-refractivity contribution in [3.05, 3.63) is 0 Å². The van der Waals surface area contributed by atoms with Gasteiger partial charge in [-0.15, -0.1) is 0 Å². The number of hydrogen-bond donors (Lipinski definition) is 0. The van der Waals surface area contributed by atoms with Gasteiger partial charge in [0.1, 0.15) is 0 Å².